The van der Waals surface area contributed by atoms with Gasteiger partial charge in [-0.1, -0.05) is 29.8 Å². The molecule has 4 rings (SSSR count). The Bertz CT molecular complexity index is 1170. The van der Waals surface area contributed by atoms with E-state index in [1.165, 1.54) is 0 Å². The van der Waals surface area contributed by atoms with Gasteiger partial charge in [-0.25, -0.2) is 17.7 Å². The highest BCUT2D eigenvalue weighted by Gasteiger charge is 2.27. The van der Waals surface area contributed by atoms with Crippen LogP contribution in [-0.4, -0.2) is 60.6 Å². The standard InChI is InChI=1S/C20H23BClN5O2S/c1-2-30(28,29)26-9-5-6-14(13-26)11-23-19-10-18(15-7-3-4-8-17(15)22)25-20-16(21)12-24-27(19)20/h3-4,7-8,10,12,14,23H,2,5-6,9,11,13H2,1H3. The van der Waals surface area contributed by atoms with Crippen LogP contribution in [0.3, 0.4) is 0 Å². The van der Waals surface area contributed by atoms with Gasteiger partial charge in [-0.2, -0.15) is 9.61 Å². The minimum atomic E-state index is -3.17. The fourth-order valence-electron chi connectivity index (χ4n) is 3.79. The van der Waals surface area contributed by atoms with Crippen LogP contribution in [0.5, 0.6) is 0 Å². The number of hydrogen-bond acceptors (Lipinski definition) is 5. The molecule has 0 aliphatic carbocycles. The molecule has 1 atom stereocenters. The van der Waals surface area contributed by atoms with E-state index in [4.69, 9.17) is 19.4 Å². The van der Waals surface area contributed by atoms with Gasteiger partial charge in [-0.05, 0) is 37.2 Å². The predicted molar refractivity (Wildman–Crippen MR) is 121 cm³/mol. The van der Waals surface area contributed by atoms with Crippen LogP contribution < -0.4 is 10.8 Å². The Labute approximate surface area is 182 Å². The average Bonchev–Trinajstić information content (AvgIpc) is 3.13. The zero-order chi connectivity index (χ0) is 21.3. The lowest BCUT2D eigenvalue weighted by Crippen LogP contribution is -2.42. The van der Waals surface area contributed by atoms with Gasteiger partial charge in [-0.15, -0.1) is 0 Å². The molecule has 7 nitrogen and oxygen atoms in total. The number of piperidine rings is 1. The highest BCUT2D eigenvalue weighted by Crippen LogP contribution is 2.28. The molecule has 1 aliphatic rings. The van der Waals surface area contributed by atoms with Crippen molar-refractivity contribution in [2.45, 2.75) is 19.8 Å². The first-order chi connectivity index (χ1) is 14.4. The third kappa shape index (κ3) is 4.19. The summed E-state index contributed by atoms with van der Waals surface area (Å²) in [5, 5.41) is 8.37. The summed E-state index contributed by atoms with van der Waals surface area (Å²) in [7, 11) is 2.90. The molecule has 3 aromatic rings. The van der Waals surface area contributed by atoms with Gasteiger partial charge in [0.15, 0.2) is 5.65 Å². The lowest BCUT2D eigenvalue weighted by atomic mass is 9.99. The van der Waals surface area contributed by atoms with Gasteiger partial charge >= 0.3 is 0 Å². The summed E-state index contributed by atoms with van der Waals surface area (Å²) < 4.78 is 27.8. The SMILES string of the molecule is [B]c1cnn2c(NCC3CCCN(S(=O)(=O)CC)C3)cc(-c3ccccc3Cl)nc12. The molecular formula is C20H23BClN5O2S. The number of hydrogen-bond donors (Lipinski definition) is 1. The van der Waals surface area contributed by atoms with Crippen LogP contribution in [0.2, 0.25) is 5.02 Å². The molecule has 1 fully saturated rings. The van der Waals surface area contributed by atoms with Gasteiger partial charge in [0.1, 0.15) is 13.7 Å². The van der Waals surface area contributed by atoms with Crippen LogP contribution in [0.15, 0.2) is 36.5 Å². The number of anilines is 1. The Kier molecular flexibility index (Phi) is 6.04. The Morgan fingerprint density at radius 1 is 1.33 bits per heavy atom. The maximum absolute atomic E-state index is 12.2. The average molecular weight is 444 g/mol. The van der Waals surface area contributed by atoms with Crippen molar-refractivity contribution < 1.29 is 8.42 Å². The van der Waals surface area contributed by atoms with E-state index in [1.54, 1.807) is 21.9 Å². The molecule has 1 saturated heterocycles. The second-order valence-electron chi connectivity index (χ2n) is 7.49. The number of sulfonamides is 1. The van der Waals surface area contributed by atoms with Crippen molar-refractivity contribution in [3.8, 4) is 11.3 Å². The van der Waals surface area contributed by atoms with Gasteiger partial charge in [0, 0.05) is 42.5 Å². The maximum Gasteiger partial charge on any atom is 0.213 e. The third-order valence-corrected chi connectivity index (χ3v) is 7.64. The number of benzene rings is 1. The van der Waals surface area contributed by atoms with Crippen LogP contribution >= 0.6 is 11.6 Å². The molecule has 1 aromatic carbocycles. The highest BCUT2D eigenvalue weighted by molar-refractivity contribution is 7.89. The van der Waals surface area contributed by atoms with Gasteiger partial charge in [0.25, 0.3) is 0 Å². The second-order valence-corrected chi connectivity index (χ2v) is 10.2. The number of fused-ring (bicyclic) bond motifs is 1. The smallest absolute Gasteiger partial charge is 0.213 e. The molecule has 0 bridgehead atoms. The predicted octanol–water partition coefficient (Wildman–Crippen LogP) is 2.32. The van der Waals surface area contributed by atoms with E-state index in [0.717, 1.165) is 24.2 Å². The molecular weight excluding hydrogens is 421 g/mol. The van der Waals surface area contributed by atoms with E-state index in [1.807, 2.05) is 30.3 Å². The van der Waals surface area contributed by atoms with Gasteiger partial charge in [0.05, 0.1) is 11.4 Å². The normalized spacial score (nSPS) is 18.0. The van der Waals surface area contributed by atoms with E-state index in [0.29, 0.717) is 41.5 Å². The van der Waals surface area contributed by atoms with Gasteiger partial charge < -0.3 is 5.32 Å². The summed E-state index contributed by atoms with van der Waals surface area (Å²) in [5.74, 6) is 1.08. The molecule has 1 N–H and O–H groups in total. The number of nitrogens with zero attached hydrogens (tertiary/aromatic N) is 4. The third-order valence-electron chi connectivity index (χ3n) is 5.46. The zero-order valence-corrected chi connectivity index (χ0v) is 18.3. The Morgan fingerprint density at radius 2 is 2.13 bits per heavy atom. The number of aromatic nitrogens is 3. The maximum atomic E-state index is 12.2. The minimum absolute atomic E-state index is 0.131. The minimum Gasteiger partial charge on any atom is -0.370 e. The van der Waals surface area contributed by atoms with Crippen LogP contribution in [0.4, 0.5) is 5.82 Å². The molecule has 0 spiro atoms. The molecule has 30 heavy (non-hydrogen) atoms. The summed E-state index contributed by atoms with van der Waals surface area (Å²) >= 11 is 6.37. The molecule has 2 radical (unpaired) electrons. The first-order valence-electron chi connectivity index (χ1n) is 10.00. The van der Waals surface area contributed by atoms with Crippen molar-refractivity contribution in [2.75, 3.05) is 30.7 Å². The number of nitrogens with one attached hydrogen (secondary N) is 1. The molecule has 1 unspecified atom stereocenters. The summed E-state index contributed by atoms with van der Waals surface area (Å²) in [6.45, 7) is 3.42. The molecule has 0 saturated carbocycles. The quantitative estimate of drug-likeness (QED) is 0.591. The lowest BCUT2D eigenvalue weighted by Gasteiger charge is -2.32. The largest absolute Gasteiger partial charge is 0.370 e. The fourth-order valence-corrected chi connectivity index (χ4v) is 5.23. The van der Waals surface area contributed by atoms with E-state index >= 15 is 0 Å². The summed E-state index contributed by atoms with van der Waals surface area (Å²) in [6.07, 6.45) is 3.40. The molecule has 1 aliphatic heterocycles. The van der Waals surface area contributed by atoms with Crippen molar-refractivity contribution in [2.24, 2.45) is 5.92 Å². The number of rotatable bonds is 6. The monoisotopic (exact) mass is 443 g/mol. The van der Waals surface area contributed by atoms with Crippen molar-refractivity contribution in [1.29, 1.82) is 0 Å². The van der Waals surface area contributed by atoms with E-state index in [-0.39, 0.29) is 11.7 Å². The fraction of sp³-hybridized carbons (Fsp3) is 0.400. The summed E-state index contributed by atoms with van der Waals surface area (Å²) in [6, 6.07) is 9.40. The summed E-state index contributed by atoms with van der Waals surface area (Å²) in [5.41, 5.74) is 2.53. The van der Waals surface area contributed by atoms with Gasteiger partial charge in [-0.3, -0.25) is 0 Å². The van der Waals surface area contributed by atoms with E-state index in [2.05, 4.69) is 15.4 Å². The Morgan fingerprint density at radius 3 is 2.90 bits per heavy atom. The molecule has 10 heteroatoms. The zero-order valence-electron chi connectivity index (χ0n) is 16.8. The first-order valence-corrected chi connectivity index (χ1v) is 12.0. The van der Waals surface area contributed by atoms with E-state index in [9.17, 15) is 8.42 Å². The molecule has 3 heterocycles. The van der Waals surface area contributed by atoms with Crippen LogP contribution in [0.25, 0.3) is 16.9 Å². The van der Waals surface area contributed by atoms with Crippen LogP contribution in [-0.2, 0) is 10.0 Å². The lowest BCUT2D eigenvalue weighted by molar-refractivity contribution is 0.275. The van der Waals surface area contributed by atoms with E-state index < -0.39 is 10.0 Å². The molecule has 156 valence electrons. The number of halogens is 1. The van der Waals surface area contributed by atoms with Gasteiger partial charge in [0.2, 0.25) is 10.0 Å². The van der Waals surface area contributed by atoms with Crippen molar-refractivity contribution in [3.63, 3.8) is 0 Å². The van der Waals surface area contributed by atoms with Crippen molar-refractivity contribution >= 4 is 46.4 Å². The van der Waals surface area contributed by atoms with Crippen molar-refractivity contribution in [3.05, 3.63) is 41.6 Å². The molecule has 0 amide bonds. The Hall–Kier alpha value is -2.10. The van der Waals surface area contributed by atoms with Crippen LogP contribution in [0, 0.1) is 5.92 Å². The highest BCUT2D eigenvalue weighted by atomic mass is 35.5. The van der Waals surface area contributed by atoms with Crippen molar-refractivity contribution in [1.82, 2.24) is 18.9 Å². The first kappa shape index (κ1) is 21.1. The Balaban J connectivity index is 1.60. The topological polar surface area (TPSA) is 79.6 Å². The van der Waals surface area contributed by atoms with Crippen LogP contribution in [0.1, 0.15) is 19.8 Å². The second kappa shape index (κ2) is 8.57. The molecule has 2 aromatic heterocycles. The summed E-state index contributed by atoms with van der Waals surface area (Å²) in [4.78, 5) is 4.64.